The highest BCUT2D eigenvalue weighted by Crippen LogP contribution is 2.39. The number of benzene rings is 1. The van der Waals surface area contributed by atoms with Crippen LogP contribution in [0.5, 0.6) is 0 Å². The Morgan fingerprint density at radius 1 is 1.24 bits per heavy atom. The minimum absolute atomic E-state index is 0.144. The Morgan fingerprint density at radius 3 is 2.80 bits per heavy atom. The van der Waals surface area contributed by atoms with Crippen molar-refractivity contribution >= 4 is 5.91 Å². The van der Waals surface area contributed by atoms with Gasteiger partial charge in [0.1, 0.15) is 18.1 Å². The van der Waals surface area contributed by atoms with Crippen LogP contribution in [0, 0.1) is 5.82 Å². The molecule has 1 N–H and O–H groups in total. The van der Waals surface area contributed by atoms with Gasteiger partial charge in [-0.1, -0.05) is 12.1 Å². The number of carbonyl (C=O) groups excluding carboxylic acids is 1. The lowest BCUT2D eigenvalue weighted by molar-refractivity contribution is -0.121. The zero-order chi connectivity index (χ0) is 17.2. The molecule has 4 rings (SSSR count). The predicted octanol–water partition coefficient (Wildman–Crippen LogP) is 2.87. The molecule has 1 saturated carbocycles. The van der Waals surface area contributed by atoms with Crippen LogP contribution in [0.25, 0.3) is 11.6 Å². The third-order valence-electron chi connectivity index (χ3n) is 4.13. The first-order chi connectivity index (χ1) is 12.2. The van der Waals surface area contributed by atoms with E-state index in [9.17, 15) is 9.18 Å². The molecule has 0 saturated heterocycles. The van der Waals surface area contributed by atoms with Crippen LogP contribution >= 0.6 is 0 Å². The van der Waals surface area contributed by atoms with Gasteiger partial charge in [-0.3, -0.25) is 4.79 Å². The number of amides is 1. The molecule has 0 bridgehead atoms. The molecule has 2 aromatic heterocycles. The lowest BCUT2D eigenvalue weighted by Crippen LogP contribution is -2.27. The van der Waals surface area contributed by atoms with Crippen molar-refractivity contribution in [2.75, 3.05) is 0 Å². The van der Waals surface area contributed by atoms with Gasteiger partial charge in [-0.2, -0.15) is 0 Å². The quantitative estimate of drug-likeness (QED) is 0.749. The number of nitrogens with zero attached hydrogens (tertiary/aromatic N) is 3. The summed E-state index contributed by atoms with van der Waals surface area (Å²) < 4.78 is 20.4. The Labute approximate surface area is 143 Å². The molecule has 1 aliphatic rings. The second kappa shape index (κ2) is 6.51. The van der Waals surface area contributed by atoms with Gasteiger partial charge in [-0.15, -0.1) is 10.2 Å². The number of carbonyl (C=O) groups is 1. The van der Waals surface area contributed by atoms with Crippen LogP contribution in [0.2, 0.25) is 0 Å². The van der Waals surface area contributed by atoms with Gasteiger partial charge in [0.2, 0.25) is 11.8 Å². The fourth-order valence-corrected chi connectivity index (χ4v) is 2.59. The monoisotopic (exact) mass is 340 g/mol. The minimum Gasteiger partial charge on any atom is -0.419 e. The molecule has 1 aromatic carbocycles. The average Bonchev–Trinajstić information content (AvgIpc) is 3.16. The molecule has 0 aliphatic heterocycles. The molecule has 0 spiro atoms. The van der Waals surface area contributed by atoms with Crippen molar-refractivity contribution < 1.29 is 13.6 Å². The van der Waals surface area contributed by atoms with Gasteiger partial charge >= 0.3 is 0 Å². The summed E-state index contributed by atoms with van der Waals surface area (Å²) in [4.78, 5) is 12.2. The first-order valence-electron chi connectivity index (χ1n) is 8.19. The van der Waals surface area contributed by atoms with Gasteiger partial charge in [0.05, 0.1) is 0 Å². The topological polar surface area (TPSA) is 73.0 Å². The van der Waals surface area contributed by atoms with E-state index in [2.05, 4.69) is 15.5 Å². The molecular formula is C18H17FN4O2. The third-order valence-corrected chi connectivity index (χ3v) is 4.13. The molecule has 2 heterocycles. The molecule has 1 fully saturated rings. The van der Waals surface area contributed by atoms with Crippen LogP contribution in [0.4, 0.5) is 4.39 Å². The van der Waals surface area contributed by atoms with Crippen LogP contribution in [-0.2, 0) is 17.9 Å². The summed E-state index contributed by atoms with van der Waals surface area (Å²) in [6, 6.07) is 9.72. The lowest BCUT2D eigenvalue weighted by Gasteiger charge is -2.08. The first-order valence-corrected chi connectivity index (χ1v) is 8.19. The van der Waals surface area contributed by atoms with Gasteiger partial charge < -0.3 is 14.3 Å². The van der Waals surface area contributed by atoms with Crippen molar-refractivity contribution in [3.63, 3.8) is 0 Å². The van der Waals surface area contributed by atoms with E-state index in [1.165, 1.54) is 12.1 Å². The first kappa shape index (κ1) is 15.6. The summed E-state index contributed by atoms with van der Waals surface area (Å²) in [5.74, 6) is 1.05. The van der Waals surface area contributed by atoms with E-state index in [0.29, 0.717) is 24.2 Å². The van der Waals surface area contributed by atoms with E-state index in [4.69, 9.17) is 4.42 Å². The number of hydrogen-bond acceptors (Lipinski definition) is 4. The number of hydrogen-bond donors (Lipinski definition) is 1. The summed E-state index contributed by atoms with van der Waals surface area (Å²) in [6.07, 6.45) is 3.98. The zero-order valence-electron chi connectivity index (χ0n) is 13.5. The van der Waals surface area contributed by atoms with Crippen LogP contribution in [0.15, 0.2) is 47.0 Å². The van der Waals surface area contributed by atoms with Gasteiger partial charge in [0.25, 0.3) is 5.89 Å². The Balaban J connectivity index is 1.39. The van der Waals surface area contributed by atoms with E-state index < -0.39 is 0 Å². The maximum Gasteiger partial charge on any atom is 0.264 e. The van der Waals surface area contributed by atoms with E-state index in [0.717, 1.165) is 24.1 Å². The number of nitrogens with one attached hydrogen (secondary N) is 1. The highest BCUT2D eigenvalue weighted by Gasteiger charge is 2.29. The summed E-state index contributed by atoms with van der Waals surface area (Å²) in [7, 11) is 0. The van der Waals surface area contributed by atoms with E-state index in [-0.39, 0.29) is 18.3 Å². The summed E-state index contributed by atoms with van der Waals surface area (Å²) in [5.41, 5.74) is 1.56. The molecule has 25 heavy (non-hydrogen) atoms. The highest BCUT2D eigenvalue weighted by molar-refractivity contribution is 5.76. The Bertz CT molecular complexity index is 881. The second-order valence-corrected chi connectivity index (χ2v) is 6.14. The van der Waals surface area contributed by atoms with Crippen molar-refractivity contribution in [3.05, 3.63) is 59.9 Å². The Kier molecular flexibility index (Phi) is 4.05. The lowest BCUT2D eigenvalue weighted by atomic mass is 10.2. The molecule has 0 unspecified atom stereocenters. The second-order valence-electron chi connectivity index (χ2n) is 6.14. The molecule has 7 heteroatoms. The van der Waals surface area contributed by atoms with Gasteiger partial charge in [0.15, 0.2) is 0 Å². The normalized spacial score (nSPS) is 13.8. The smallest absolute Gasteiger partial charge is 0.264 e. The van der Waals surface area contributed by atoms with Crippen molar-refractivity contribution in [2.24, 2.45) is 0 Å². The molecule has 1 amide bonds. The number of halogens is 1. The van der Waals surface area contributed by atoms with E-state index >= 15 is 0 Å². The molecule has 1 aliphatic carbocycles. The van der Waals surface area contributed by atoms with Crippen molar-refractivity contribution in [2.45, 2.75) is 31.8 Å². The Morgan fingerprint density at radius 2 is 2.04 bits per heavy atom. The van der Waals surface area contributed by atoms with Gasteiger partial charge in [-0.05, 0) is 42.7 Å². The molecular weight excluding hydrogens is 323 g/mol. The summed E-state index contributed by atoms with van der Waals surface area (Å²) in [5, 5.41) is 11.0. The van der Waals surface area contributed by atoms with Crippen molar-refractivity contribution in [3.8, 4) is 11.6 Å². The van der Waals surface area contributed by atoms with Gasteiger partial charge in [0, 0.05) is 18.7 Å². The summed E-state index contributed by atoms with van der Waals surface area (Å²) in [6.45, 7) is 0.493. The number of aromatic nitrogens is 3. The zero-order valence-corrected chi connectivity index (χ0v) is 13.5. The van der Waals surface area contributed by atoms with Crippen LogP contribution in [0.3, 0.4) is 0 Å². The largest absolute Gasteiger partial charge is 0.419 e. The summed E-state index contributed by atoms with van der Waals surface area (Å²) >= 11 is 0. The van der Waals surface area contributed by atoms with Crippen LogP contribution < -0.4 is 5.32 Å². The highest BCUT2D eigenvalue weighted by atomic mass is 19.1. The standard InChI is InChI=1S/C18H17FN4O2/c19-14-7-3-12(4-8-14)10-20-16(24)11-23-9-1-2-15(23)18-22-21-17(25-18)13-5-6-13/h1-4,7-9,13H,5-6,10-11H2,(H,20,24). The van der Waals surface area contributed by atoms with E-state index in [1.54, 1.807) is 22.9 Å². The fraction of sp³-hybridized carbons (Fsp3) is 0.278. The number of rotatable bonds is 6. The minimum atomic E-state index is -0.294. The van der Waals surface area contributed by atoms with Crippen molar-refractivity contribution in [1.82, 2.24) is 20.1 Å². The molecule has 0 radical (unpaired) electrons. The molecule has 6 nitrogen and oxygen atoms in total. The van der Waals surface area contributed by atoms with Crippen LogP contribution in [0.1, 0.15) is 30.2 Å². The SMILES string of the molecule is O=C(Cn1cccc1-c1nnc(C2CC2)o1)NCc1ccc(F)cc1. The average molecular weight is 340 g/mol. The van der Waals surface area contributed by atoms with E-state index in [1.807, 2.05) is 12.1 Å². The van der Waals surface area contributed by atoms with Crippen molar-refractivity contribution in [1.29, 1.82) is 0 Å². The predicted molar refractivity (Wildman–Crippen MR) is 87.9 cm³/mol. The Hall–Kier alpha value is -2.96. The molecule has 0 atom stereocenters. The molecule has 128 valence electrons. The maximum atomic E-state index is 12.9. The molecule has 3 aromatic rings. The van der Waals surface area contributed by atoms with Gasteiger partial charge in [-0.25, -0.2) is 4.39 Å². The maximum absolute atomic E-state index is 12.9. The third kappa shape index (κ3) is 3.60. The fourth-order valence-electron chi connectivity index (χ4n) is 2.59. The van der Waals surface area contributed by atoms with Crippen LogP contribution in [-0.4, -0.2) is 20.7 Å².